The van der Waals surface area contributed by atoms with Crippen molar-refractivity contribution in [2.45, 2.75) is 63.8 Å². The van der Waals surface area contributed by atoms with E-state index in [1.807, 2.05) is 11.9 Å². The van der Waals surface area contributed by atoms with E-state index in [0.717, 1.165) is 38.5 Å². The largest absolute Gasteiger partial charge is 0.345 e. The van der Waals surface area contributed by atoms with Crippen LogP contribution in [0.3, 0.4) is 0 Å². The number of likely N-dealkylation sites (tertiary alicyclic amines) is 2. The average molecular weight is 392 g/mol. The normalized spacial score (nSPS) is 33.3. The van der Waals surface area contributed by atoms with Gasteiger partial charge in [-0.05, 0) is 82.8 Å². The Morgan fingerprint density at radius 2 is 1.64 bits per heavy atom. The maximum atomic E-state index is 12.7. The molecule has 1 amide bonds. The Bertz CT molecular complexity index is 460. The summed E-state index contributed by atoms with van der Waals surface area (Å²) in [6, 6.07) is 0.745. The third-order valence-electron chi connectivity index (χ3n) is 7.53. The average Bonchev–Trinajstić information content (AvgIpc) is 2.99. The molecule has 146 valence electrons. The molecule has 0 aromatic heterocycles. The van der Waals surface area contributed by atoms with E-state index in [-0.39, 0.29) is 30.2 Å². The van der Waals surface area contributed by atoms with Crippen LogP contribution >= 0.6 is 24.8 Å². The van der Waals surface area contributed by atoms with Crippen molar-refractivity contribution < 1.29 is 4.79 Å². The first-order valence-electron chi connectivity index (χ1n) is 9.83. The molecule has 3 aliphatic heterocycles. The molecule has 1 N–H and O–H groups in total. The predicted octanol–water partition coefficient (Wildman–Crippen LogP) is 3.09. The summed E-state index contributed by atoms with van der Waals surface area (Å²) in [6.45, 7) is 5.59. The quantitative estimate of drug-likeness (QED) is 0.745. The van der Waals surface area contributed by atoms with Crippen LogP contribution in [0.4, 0.5) is 0 Å². The van der Waals surface area contributed by atoms with Gasteiger partial charge in [0.05, 0.1) is 5.41 Å². The van der Waals surface area contributed by atoms with E-state index in [2.05, 4.69) is 10.2 Å². The molecule has 4 rings (SSSR count). The lowest BCUT2D eigenvalue weighted by Crippen LogP contribution is -2.49. The highest BCUT2D eigenvalue weighted by molar-refractivity contribution is 5.85. The Hall–Kier alpha value is -0.0300. The molecule has 0 aromatic rings. The van der Waals surface area contributed by atoms with E-state index in [1.54, 1.807) is 0 Å². The first kappa shape index (κ1) is 21.3. The SMILES string of the molecule is CN1CCCC2(CCN(C3CCC4(CCNCC4)CC3)C2)C1=O.Cl.Cl. The fourth-order valence-corrected chi connectivity index (χ4v) is 5.90. The molecule has 3 heterocycles. The standard InChI is InChI=1S/C19H33N3O.2ClH/c1-21-13-2-5-19(17(21)23)10-14-22(15-19)16-3-6-18(7-4-16)8-11-20-12-9-18;;/h16,20H,2-15H2,1H3;2*1H. The number of nitrogens with one attached hydrogen (secondary N) is 1. The first-order chi connectivity index (χ1) is 11.1. The third-order valence-corrected chi connectivity index (χ3v) is 7.53. The van der Waals surface area contributed by atoms with E-state index >= 15 is 0 Å². The molecular weight excluding hydrogens is 357 g/mol. The molecule has 1 unspecified atom stereocenters. The second kappa shape index (κ2) is 8.33. The number of rotatable bonds is 1. The second-order valence-electron chi connectivity index (χ2n) is 8.81. The van der Waals surface area contributed by atoms with Crippen molar-refractivity contribution in [3.05, 3.63) is 0 Å². The Kier molecular flexibility index (Phi) is 7.09. The Balaban J connectivity index is 0.00000113. The van der Waals surface area contributed by atoms with Crippen LogP contribution in [-0.4, -0.2) is 61.5 Å². The summed E-state index contributed by atoms with van der Waals surface area (Å²) in [5.41, 5.74) is 0.622. The van der Waals surface area contributed by atoms with Crippen LogP contribution in [0.1, 0.15) is 57.8 Å². The van der Waals surface area contributed by atoms with E-state index in [1.165, 1.54) is 58.0 Å². The Labute approximate surface area is 165 Å². The zero-order chi connectivity index (χ0) is 15.9. The molecular formula is C19H35Cl2N3O. The number of amides is 1. The lowest BCUT2D eigenvalue weighted by Gasteiger charge is -2.45. The van der Waals surface area contributed by atoms with Gasteiger partial charge in [-0.1, -0.05) is 0 Å². The van der Waals surface area contributed by atoms with Crippen LogP contribution in [0.2, 0.25) is 0 Å². The number of halogens is 2. The van der Waals surface area contributed by atoms with Crippen molar-refractivity contribution in [3.8, 4) is 0 Å². The molecule has 1 atom stereocenters. The van der Waals surface area contributed by atoms with Crippen LogP contribution < -0.4 is 5.32 Å². The first-order valence-corrected chi connectivity index (χ1v) is 9.83. The van der Waals surface area contributed by atoms with Crippen molar-refractivity contribution in [1.82, 2.24) is 15.1 Å². The number of nitrogens with zero attached hydrogens (tertiary/aromatic N) is 2. The number of piperidine rings is 2. The summed E-state index contributed by atoms with van der Waals surface area (Å²) in [6.07, 6.45) is 11.7. The molecule has 4 nitrogen and oxygen atoms in total. The minimum atomic E-state index is -0.0309. The summed E-state index contributed by atoms with van der Waals surface area (Å²) < 4.78 is 0. The molecule has 2 spiro atoms. The molecule has 6 heteroatoms. The number of carbonyl (C=O) groups is 1. The van der Waals surface area contributed by atoms with E-state index in [4.69, 9.17) is 0 Å². The van der Waals surface area contributed by atoms with Crippen LogP contribution in [-0.2, 0) is 4.79 Å². The van der Waals surface area contributed by atoms with Gasteiger partial charge in [-0.3, -0.25) is 9.69 Å². The maximum Gasteiger partial charge on any atom is 0.229 e. The number of hydrogen-bond donors (Lipinski definition) is 1. The molecule has 0 radical (unpaired) electrons. The summed E-state index contributed by atoms with van der Waals surface area (Å²) in [5, 5.41) is 3.52. The van der Waals surface area contributed by atoms with Crippen molar-refractivity contribution in [2.75, 3.05) is 39.8 Å². The highest BCUT2D eigenvalue weighted by Gasteiger charge is 2.49. The summed E-state index contributed by atoms with van der Waals surface area (Å²) in [7, 11) is 1.99. The zero-order valence-corrected chi connectivity index (χ0v) is 17.2. The van der Waals surface area contributed by atoms with Crippen LogP contribution in [0, 0.1) is 10.8 Å². The van der Waals surface area contributed by atoms with Crippen molar-refractivity contribution >= 4 is 30.7 Å². The van der Waals surface area contributed by atoms with Gasteiger partial charge in [0.25, 0.3) is 0 Å². The second-order valence-corrected chi connectivity index (χ2v) is 8.81. The van der Waals surface area contributed by atoms with E-state index in [0.29, 0.717) is 11.3 Å². The van der Waals surface area contributed by atoms with E-state index in [9.17, 15) is 4.79 Å². The van der Waals surface area contributed by atoms with Crippen molar-refractivity contribution in [1.29, 1.82) is 0 Å². The molecule has 25 heavy (non-hydrogen) atoms. The van der Waals surface area contributed by atoms with Gasteiger partial charge in [-0.2, -0.15) is 0 Å². The van der Waals surface area contributed by atoms with Gasteiger partial charge in [-0.25, -0.2) is 0 Å². The molecule has 1 aliphatic carbocycles. The molecule has 3 saturated heterocycles. The van der Waals surface area contributed by atoms with E-state index < -0.39 is 0 Å². The maximum absolute atomic E-state index is 12.7. The van der Waals surface area contributed by atoms with Gasteiger partial charge in [0, 0.05) is 26.2 Å². The summed E-state index contributed by atoms with van der Waals surface area (Å²) in [5.74, 6) is 0.428. The number of carbonyl (C=O) groups excluding carboxylic acids is 1. The smallest absolute Gasteiger partial charge is 0.229 e. The Morgan fingerprint density at radius 3 is 2.32 bits per heavy atom. The molecule has 4 aliphatic rings. The lowest BCUT2D eigenvalue weighted by atomic mass is 9.67. The van der Waals surface area contributed by atoms with Crippen LogP contribution in [0.25, 0.3) is 0 Å². The zero-order valence-electron chi connectivity index (χ0n) is 15.6. The fraction of sp³-hybridized carbons (Fsp3) is 0.947. The van der Waals surface area contributed by atoms with Crippen molar-refractivity contribution in [3.63, 3.8) is 0 Å². The van der Waals surface area contributed by atoms with Crippen molar-refractivity contribution in [2.24, 2.45) is 10.8 Å². The van der Waals surface area contributed by atoms with Gasteiger partial charge >= 0.3 is 0 Å². The molecule has 0 aromatic carbocycles. The minimum absolute atomic E-state index is 0. The fourth-order valence-electron chi connectivity index (χ4n) is 5.90. The monoisotopic (exact) mass is 391 g/mol. The number of hydrogen-bond acceptors (Lipinski definition) is 3. The van der Waals surface area contributed by atoms with Gasteiger partial charge in [0.2, 0.25) is 5.91 Å². The van der Waals surface area contributed by atoms with Crippen LogP contribution in [0.15, 0.2) is 0 Å². The van der Waals surface area contributed by atoms with Gasteiger partial charge in [0.15, 0.2) is 0 Å². The minimum Gasteiger partial charge on any atom is -0.345 e. The van der Waals surface area contributed by atoms with Gasteiger partial charge in [-0.15, -0.1) is 24.8 Å². The molecule has 4 fully saturated rings. The lowest BCUT2D eigenvalue weighted by molar-refractivity contribution is -0.144. The topological polar surface area (TPSA) is 35.6 Å². The third kappa shape index (κ3) is 3.97. The van der Waals surface area contributed by atoms with Crippen LogP contribution in [0.5, 0.6) is 0 Å². The highest BCUT2D eigenvalue weighted by atomic mass is 35.5. The molecule has 1 saturated carbocycles. The predicted molar refractivity (Wildman–Crippen MR) is 107 cm³/mol. The summed E-state index contributed by atoms with van der Waals surface area (Å²) >= 11 is 0. The van der Waals surface area contributed by atoms with Gasteiger partial charge < -0.3 is 10.2 Å². The van der Waals surface area contributed by atoms with Gasteiger partial charge in [0.1, 0.15) is 0 Å². The Morgan fingerprint density at radius 1 is 0.960 bits per heavy atom. The highest BCUT2D eigenvalue weighted by Crippen LogP contribution is 2.47. The molecule has 0 bridgehead atoms. The summed E-state index contributed by atoms with van der Waals surface area (Å²) in [4.78, 5) is 17.4.